The van der Waals surface area contributed by atoms with E-state index in [-0.39, 0.29) is 18.4 Å². The highest BCUT2D eigenvalue weighted by atomic mass is 79.9. The average molecular weight is 475 g/mol. The second kappa shape index (κ2) is 7.98. The van der Waals surface area contributed by atoms with Gasteiger partial charge in [0, 0.05) is 5.39 Å². The molecule has 0 fully saturated rings. The quantitative estimate of drug-likeness (QED) is 0.391. The maximum Gasteiger partial charge on any atom is 0.326 e. The van der Waals surface area contributed by atoms with Gasteiger partial charge >= 0.3 is 5.97 Å². The maximum absolute atomic E-state index is 12.6. The molecule has 0 saturated carbocycles. The minimum atomic E-state index is -0.358. The van der Waals surface area contributed by atoms with Crippen LogP contribution in [-0.2, 0) is 16.1 Å². The Hall–Kier alpha value is -2.29. The van der Waals surface area contributed by atoms with Crippen molar-refractivity contribution in [2.24, 2.45) is 4.99 Å². The zero-order chi connectivity index (χ0) is 19.7. The first-order chi connectivity index (χ1) is 13.6. The van der Waals surface area contributed by atoms with E-state index in [0.717, 1.165) is 24.8 Å². The summed E-state index contributed by atoms with van der Waals surface area (Å²) in [5.74, 6) is -0.688. The highest BCUT2D eigenvalue weighted by Crippen LogP contribution is 2.28. The molecule has 0 bridgehead atoms. The monoisotopic (exact) mass is 474 g/mol. The van der Waals surface area contributed by atoms with E-state index >= 15 is 0 Å². The van der Waals surface area contributed by atoms with Gasteiger partial charge in [0.1, 0.15) is 6.54 Å². The van der Waals surface area contributed by atoms with Crippen molar-refractivity contribution < 1.29 is 14.3 Å². The molecule has 0 N–H and O–H groups in total. The highest BCUT2D eigenvalue weighted by Gasteiger charge is 2.15. The standard InChI is InChI=1S/C20H15BrN2O3S2/c1-2-26-17(24)11-23-14-8-7-12-5-3-4-6-13(12)18(14)28-20(23)22-19(25)15-9-10-16(21)27-15/h3-10H,2,11H2,1H3. The van der Waals surface area contributed by atoms with Crippen molar-refractivity contribution in [2.75, 3.05) is 6.61 Å². The van der Waals surface area contributed by atoms with Crippen LogP contribution in [0.4, 0.5) is 0 Å². The van der Waals surface area contributed by atoms with Crippen molar-refractivity contribution in [1.82, 2.24) is 4.57 Å². The summed E-state index contributed by atoms with van der Waals surface area (Å²) in [5.41, 5.74) is 0.857. The third-order valence-corrected chi connectivity index (χ3v) is 6.89. The first-order valence-electron chi connectivity index (χ1n) is 8.58. The number of hydrogen-bond donors (Lipinski definition) is 0. The molecule has 4 rings (SSSR count). The van der Waals surface area contributed by atoms with Crippen LogP contribution in [0.5, 0.6) is 0 Å². The van der Waals surface area contributed by atoms with E-state index in [2.05, 4.69) is 20.9 Å². The number of amides is 1. The van der Waals surface area contributed by atoms with Crippen LogP contribution >= 0.6 is 38.6 Å². The van der Waals surface area contributed by atoms with E-state index in [1.807, 2.05) is 42.5 Å². The third kappa shape index (κ3) is 3.67. The van der Waals surface area contributed by atoms with E-state index in [1.54, 1.807) is 17.6 Å². The molecule has 2 heterocycles. The lowest BCUT2D eigenvalue weighted by Gasteiger charge is -2.05. The molecule has 5 nitrogen and oxygen atoms in total. The zero-order valence-electron chi connectivity index (χ0n) is 14.8. The van der Waals surface area contributed by atoms with Crippen molar-refractivity contribution in [3.8, 4) is 0 Å². The van der Waals surface area contributed by atoms with E-state index in [1.165, 1.54) is 22.7 Å². The lowest BCUT2D eigenvalue weighted by molar-refractivity contribution is -0.143. The number of thiophene rings is 1. The van der Waals surface area contributed by atoms with Gasteiger partial charge in [0.05, 0.1) is 25.5 Å². The number of carbonyl (C=O) groups excluding carboxylic acids is 2. The number of fused-ring (bicyclic) bond motifs is 3. The van der Waals surface area contributed by atoms with Gasteiger partial charge in [-0.15, -0.1) is 11.3 Å². The Morgan fingerprint density at radius 1 is 1.11 bits per heavy atom. The van der Waals surface area contributed by atoms with Gasteiger partial charge in [-0.2, -0.15) is 4.99 Å². The number of halogens is 1. The normalized spacial score (nSPS) is 12.0. The predicted molar refractivity (Wildman–Crippen MR) is 116 cm³/mol. The van der Waals surface area contributed by atoms with Crippen LogP contribution in [0, 0.1) is 0 Å². The fourth-order valence-corrected chi connectivity index (χ4v) is 5.38. The molecule has 1 amide bonds. The number of esters is 1. The van der Waals surface area contributed by atoms with E-state index in [9.17, 15) is 9.59 Å². The topological polar surface area (TPSA) is 60.7 Å². The van der Waals surface area contributed by atoms with Gasteiger partial charge in [-0.05, 0) is 46.4 Å². The molecule has 0 atom stereocenters. The number of rotatable bonds is 4. The second-order valence-corrected chi connectivity index (χ2v) is 9.37. The Balaban J connectivity index is 1.92. The molecule has 142 valence electrons. The smallest absolute Gasteiger partial charge is 0.326 e. The first-order valence-corrected chi connectivity index (χ1v) is 11.0. The molecular formula is C20H15BrN2O3S2. The van der Waals surface area contributed by atoms with E-state index in [4.69, 9.17) is 4.74 Å². The van der Waals surface area contributed by atoms with Gasteiger partial charge in [-0.1, -0.05) is 41.7 Å². The molecule has 0 aliphatic rings. The molecule has 2 aromatic heterocycles. The Labute approximate surface area is 177 Å². The summed E-state index contributed by atoms with van der Waals surface area (Å²) in [6.07, 6.45) is 0. The molecule has 2 aromatic carbocycles. The fraction of sp³-hybridized carbons (Fsp3) is 0.150. The van der Waals surface area contributed by atoms with Crippen LogP contribution in [0.1, 0.15) is 16.6 Å². The number of ether oxygens (including phenoxy) is 1. The van der Waals surface area contributed by atoms with Crippen LogP contribution in [0.25, 0.3) is 21.0 Å². The van der Waals surface area contributed by atoms with Crippen molar-refractivity contribution in [3.05, 3.63) is 62.0 Å². The summed E-state index contributed by atoms with van der Waals surface area (Å²) < 4.78 is 8.72. The Kier molecular flexibility index (Phi) is 5.43. The summed E-state index contributed by atoms with van der Waals surface area (Å²) >= 11 is 6.10. The molecule has 28 heavy (non-hydrogen) atoms. The zero-order valence-corrected chi connectivity index (χ0v) is 18.1. The molecule has 0 spiro atoms. The van der Waals surface area contributed by atoms with Crippen LogP contribution in [0.2, 0.25) is 0 Å². The second-order valence-electron chi connectivity index (χ2n) is 5.93. The van der Waals surface area contributed by atoms with Gasteiger partial charge < -0.3 is 9.30 Å². The third-order valence-electron chi connectivity index (χ3n) is 4.15. The number of thiazole rings is 1. The molecule has 0 saturated heterocycles. The van der Waals surface area contributed by atoms with Gasteiger partial charge in [0.2, 0.25) is 0 Å². The predicted octanol–water partition coefficient (Wildman–Crippen LogP) is 4.98. The number of nitrogens with zero attached hydrogens (tertiary/aromatic N) is 2. The van der Waals surface area contributed by atoms with Crippen LogP contribution in [0.15, 0.2) is 57.3 Å². The number of hydrogen-bond acceptors (Lipinski definition) is 5. The molecule has 0 unspecified atom stereocenters. The van der Waals surface area contributed by atoms with Gasteiger partial charge in [-0.3, -0.25) is 9.59 Å². The fourth-order valence-electron chi connectivity index (χ4n) is 2.94. The molecule has 0 aliphatic heterocycles. The number of benzene rings is 2. The highest BCUT2D eigenvalue weighted by molar-refractivity contribution is 9.11. The molecule has 4 aromatic rings. The minimum Gasteiger partial charge on any atom is -0.465 e. The first kappa shape index (κ1) is 19.0. The average Bonchev–Trinajstić information content (AvgIpc) is 3.26. The van der Waals surface area contributed by atoms with Gasteiger partial charge in [0.15, 0.2) is 4.80 Å². The minimum absolute atomic E-state index is 0.00638. The van der Waals surface area contributed by atoms with Crippen LogP contribution in [0.3, 0.4) is 0 Å². The lowest BCUT2D eigenvalue weighted by atomic mass is 10.1. The number of aromatic nitrogens is 1. The summed E-state index contributed by atoms with van der Waals surface area (Å²) in [7, 11) is 0. The van der Waals surface area contributed by atoms with Crippen LogP contribution < -0.4 is 4.80 Å². The summed E-state index contributed by atoms with van der Waals surface area (Å²) in [6.45, 7) is 2.08. The number of carbonyl (C=O) groups is 2. The molecule has 0 radical (unpaired) electrons. The Morgan fingerprint density at radius 2 is 1.93 bits per heavy atom. The molecular weight excluding hydrogens is 460 g/mol. The van der Waals surface area contributed by atoms with Crippen LogP contribution in [-0.4, -0.2) is 23.1 Å². The summed E-state index contributed by atoms with van der Waals surface area (Å²) in [5, 5.41) is 2.16. The van der Waals surface area contributed by atoms with Crippen molar-refractivity contribution in [1.29, 1.82) is 0 Å². The van der Waals surface area contributed by atoms with Crippen molar-refractivity contribution in [2.45, 2.75) is 13.5 Å². The lowest BCUT2D eigenvalue weighted by Crippen LogP contribution is -2.23. The van der Waals surface area contributed by atoms with E-state index in [0.29, 0.717) is 16.3 Å². The maximum atomic E-state index is 12.6. The molecule has 0 aliphatic carbocycles. The summed E-state index contributed by atoms with van der Waals surface area (Å²) in [6, 6.07) is 15.5. The van der Waals surface area contributed by atoms with Crippen molar-refractivity contribution in [3.63, 3.8) is 0 Å². The largest absolute Gasteiger partial charge is 0.465 e. The van der Waals surface area contributed by atoms with Gasteiger partial charge in [0.25, 0.3) is 5.91 Å². The molecule has 8 heteroatoms. The summed E-state index contributed by atoms with van der Waals surface area (Å²) in [4.78, 5) is 30.1. The SMILES string of the molecule is CCOC(=O)Cn1c(=NC(=O)c2ccc(Br)s2)sc2c3ccccc3ccc21. The van der Waals surface area contributed by atoms with Crippen molar-refractivity contribution >= 4 is 71.5 Å². The van der Waals surface area contributed by atoms with Gasteiger partial charge in [-0.25, -0.2) is 0 Å². The Morgan fingerprint density at radius 3 is 2.68 bits per heavy atom. The van der Waals surface area contributed by atoms with E-state index < -0.39 is 0 Å². The Bertz CT molecular complexity index is 1270.